The van der Waals surface area contributed by atoms with E-state index < -0.39 is 0 Å². The summed E-state index contributed by atoms with van der Waals surface area (Å²) in [5.41, 5.74) is 0.736. The van der Waals surface area contributed by atoms with Crippen LogP contribution in [-0.2, 0) is 14.4 Å². The Morgan fingerprint density at radius 1 is 1.00 bits per heavy atom. The van der Waals surface area contributed by atoms with E-state index in [9.17, 15) is 14.4 Å². The predicted molar refractivity (Wildman–Crippen MR) is 94.9 cm³/mol. The first-order valence-electron chi connectivity index (χ1n) is 7.97. The van der Waals surface area contributed by atoms with Crippen LogP contribution in [0.25, 0.3) is 0 Å². The van der Waals surface area contributed by atoms with Gasteiger partial charge in [-0.25, -0.2) is 0 Å². The molecule has 2 rings (SSSR count). The zero-order chi connectivity index (χ0) is 17.5. The fourth-order valence-corrected chi connectivity index (χ4v) is 2.96. The zero-order valence-corrected chi connectivity index (χ0v) is 14.9. The number of benzene rings is 1. The molecule has 1 saturated heterocycles. The van der Waals surface area contributed by atoms with Crippen LogP contribution in [0.2, 0.25) is 0 Å². The number of amides is 3. The third kappa shape index (κ3) is 5.26. The lowest BCUT2D eigenvalue weighted by Gasteiger charge is -2.34. The molecule has 0 bridgehead atoms. The first-order valence-corrected chi connectivity index (χ1v) is 9.19. The van der Waals surface area contributed by atoms with Crippen LogP contribution in [0.5, 0.6) is 0 Å². The quantitative estimate of drug-likeness (QED) is 0.823. The fraction of sp³-hybridized carbons (Fsp3) is 0.471. The molecule has 1 N–H and O–H groups in total. The molecule has 0 atom stereocenters. The second kappa shape index (κ2) is 8.73. The largest absolute Gasteiger partial charge is 0.339 e. The van der Waals surface area contributed by atoms with E-state index in [1.54, 1.807) is 21.6 Å². The van der Waals surface area contributed by atoms with Crippen molar-refractivity contribution >= 4 is 35.2 Å². The third-order valence-electron chi connectivity index (χ3n) is 4.02. The molecule has 1 aromatic carbocycles. The number of hydrogen-bond acceptors (Lipinski definition) is 4. The van der Waals surface area contributed by atoms with Crippen molar-refractivity contribution < 1.29 is 14.4 Å². The molecule has 0 unspecified atom stereocenters. The molecule has 1 heterocycles. The van der Waals surface area contributed by atoms with Crippen LogP contribution in [0.15, 0.2) is 29.2 Å². The minimum atomic E-state index is -0.164. The number of nitrogens with one attached hydrogen (secondary N) is 1. The Bertz CT molecular complexity index is 596. The maximum atomic E-state index is 12.2. The van der Waals surface area contributed by atoms with E-state index in [0.717, 1.165) is 10.6 Å². The van der Waals surface area contributed by atoms with Crippen molar-refractivity contribution in [3.8, 4) is 0 Å². The molecule has 0 saturated carbocycles. The zero-order valence-electron chi connectivity index (χ0n) is 14.1. The van der Waals surface area contributed by atoms with Gasteiger partial charge in [-0.15, -0.1) is 11.8 Å². The van der Waals surface area contributed by atoms with Crippen LogP contribution in [-0.4, -0.2) is 60.0 Å². The molecule has 7 heteroatoms. The van der Waals surface area contributed by atoms with Gasteiger partial charge in [0.2, 0.25) is 17.7 Å². The summed E-state index contributed by atoms with van der Waals surface area (Å²) in [4.78, 5) is 40.0. The maximum absolute atomic E-state index is 12.2. The van der Waals surface area contributed by atoms with Crippen molar-refractivity contribution in [2.75, 3.05) is 37.8 Å². The fourth-order valence-electron chi connectivity index (χ4n) is 2.55. The molecule has 0 aliphatic carbocycles. The number of hydrogen-bond donors (Lipinski definition) is 1. The Morgan fingerprint density at radius 2 is 1.58 bits per heavy atom. The summed E-state index contributed by atoms with van der Waals surface area (Å²) in [5.74, 6) is -0.164. The molecule has 24 heavy (non-hydrogen) atoms. The van der Waals surface area contributed by atoms with E-state index >= 15 is 0 Å². The van der Waals surface area contributed by atoms with Crippen molar-refractivity contribution in [2.24, 2.45) is 0 Å². The summed E-state index contributed by atoms with van der Waals surface area (Å²) in [7, 11) is 0. The monoisotopic (exact) mass is 349 g/mol. The summed E-state index contributed by atoms with van der Waals surface area (Å²) < 4.78 is 0. The number of carbonyl (C=O) groups is 3. The number of thioether (sulfide) groups is 1. The van der Waals surface area contributed by atoms with Crippen molar-refractivity contribution in [3.05, 3.63) is 24.3 Å². The summed E-state index contributed by atoms with van der Waals surface area (Å²) in [6, 6.07) is 7.60. The minimum absolute atomic E-state index is 0.0360. The highest BCUT2D eigenvalue weighted by Gasteiger charge is 2.22. The van der Waals surface area contributed by atoms with E-state index in [-0.39, 0.29) is 30.6 Å². The SMILES string of the molecule is CSc1ccc(NC(=O)CCC(=O)N2CCN(C(C)=O)CC2)cc1. The smallest absolute Gasteiger partial charge is 0.224 e. The van der Waals surface area contributed by atoms with Crippen molar-refractivity contribution in [3.63, 3.8) is 0 Å². The summed E-state index contributed by atoms with van der Waals surface area (Å²) in [5, 5.41) is 2.80. The lowest BCUT2D eigenvalue weighted by atomic mass is 10.2. The summed E-state index contributed by atoms with van der Waals surface area (Å²) >= 11 is 1.64. The summed E-state index contributed by atoms with van der Waals surface area (Å²) in [6.07, 6.45) is 2.35. The molecule has 1 aliphatic heterocycles. The topological polar surface area (TPSA) is 69.7 Å². The Hall–Kier alpha value is -2.02. The van der Waals surface area contributed by atoms with Gasteiger partial charge in [0.1, 0.15) is 0 Å². The second-order valence-corrected chi connectivity index (χ2v) is 6.54. The van der Waals surface area contributed by atoms with Crippen LogP contribution in [0.1, 0.15) is 19.8 Å². The van der Waals surface area contributed by atoms with Crippen LogP contribution in [0.3, 0.4) is 0 Å². The van der Waals surface area contributed by atoms with Gasteiger partial charge in [0.25, 0.3) is 0 Å². The van der Waals surface area contributed by atoms with Gasteiger partial charge in [0.15, 0.2) is 0 Å². The van der Waals surface area contributed by atoms with E-state index in [1.165, 1.54) is 6.92 Å². The molecular weight excluding hydrogens is 326 g/mol. The van der Waals surface area contributed by atoms with Gasteiger partial charge < -0.3 is 15.1 Å². The Labute approximate surface area is 146 Å². The lowest BCUT2D eigenvalue weighted by molar-refractivity contribution is -0.138. The van der Waals surface area contributed by atoms with E-state index in [2.05, 4.69) is 5.32 Å². The second-order valence-electron chi connectivity index (χ2n) is 5.66. The number of carbonyl (C=O) groups excluding carboxylic acids is 3. The Morgan fingerprint density at radius 3 is 2.12 bits per heavy atom. The average Bonchev–Trinajstić information content (AvgIpc) is 2.60. The predicted octanol–water partition coefficient (Wildman–Crippen LogP) is 1.82. The lowest BCUT2D eigenvalue weighted by Crippen LogP contribution is -2.50. The number of rotatable bonds is 5. The minimum Gasteiger partial charge on any atom is -0.339 e. The van der Waals surface area contributed by atoms with E-state index in [0.29, 0.717) is 26.2 Å². The van der Waals surface area contributed by atoms with Crippen LogP contribution >= 0.6 is 11.8 Å². The highest BCUT2D eigenvalue weighted by Crippen LogP contribution is 2.17. The number of nitrogens with zero attached hydrogens (tertiary/aromatic N) is 2. The first-order chi connectivity index (χ1) is 11.5. The molecule has 3 amide bonds. The van der Waals surface area contributed by atoms with Gasteiger partial charge >= 0.3 is 0 Å². The number of anilines is 1. The van der Waals surface area contributed by atoms with Gasteiger partial charge in [-0.1, -0.05) is 0 Å². The van der Waals surface area contributed by atoms with Crippen molar-refractivity contribution in [2.45, 2.75) is 24.7 Å². The highest BCUT2D eigenvalue weighted by molar-refractivity contribution is 7.98. The van der Waals surface area contributed by atoms with Crippen LogP contribution in [0, 0.1) is 0 Å². The highest BCUT2D eigenvalue weighted by atomic mass is 32.2. The van der Waals surface area contributed by atoms with Crippen molar-refractivity contribution in [1.29, 1.82) is 0 Å². The molecule has 6 nitrogen and oxygen atoms in total. The third-order valence-corrected chi connectivity index (χ3v) is 4.76. The molecule has 1 aromatic rings. The van der Waals surface area contributed by atoms with Gasteiger partial charge in [-0.05, 0) is 30.5 Å². The number of piperazine rings is 1. The molecule has 130 valence electrons. The molecule has 1 aliphatic rings. The molecule has 0 radical (unpaired) electrons. The maximum Gasteiger partial charge on any atom is 0.224 e. The Balaban J connectivity index is 1.73. The molecule has 1 fully saturated rings. The van der Waals surface area contributed by atoms with E-state index in [4.69, 9.17) is 0 Å². The average molecular weight is 349 g/mol. The van der Waals surface area contributed by atoms with Gasteiger partial charge in [-0.3, -0.25) is 14.4 Å². The molecule has 0 aromatic heterocycles. The van der Waals surface area contributed by atoms with Crippen LogP contribution in [0.4, 0.5) is 5.69 Å². The normalized spacial score (nSPS) is 14.4. The van der Waals surface area contributed by atoms with Gasteiger partial charge in [0.05, 0.1) is 0 Å². The molecule has 0 spiro atoms. The van der Waals surface area contributed by atoms with Gasteiger partial charge in [-0.2, -0.15) is 0 Å². The summed E-state index contributed by atoms with van der Waals surface area (Å²) in [6.45, 7) is 3.74. The first kappa shape index (κ1) is 18.3. The van der Waals surface area contributed by atoms with Crippen LogP contribution < -0.4 is 5.32 Å². The Kier molecular flexibility index (Phi) is 6.66. The van der Waals surface area contributed by atoms with Crippen molar-refractivity contribution in [1.82, 2.24) is 9.80 Å². The molecular formula is C17H23N3O3S. The van der Waals surface area contributed by atoms with Gasteiger partial charge in [0, 0.05) is 56.5 Å². The van der Waals surface area contributed by atoms with E-state index in [1.807, 2.05) is 30.5 Å². The standard InChI is InChI=1S/C17H23N3O3S/c1-13(21)19-9-11-20(12-10-19)17(23)8-7-16(22)18-14-3-5-15(24-2)6-4-14/h3-6H,7-12H2,1-2H3,(H,18,22).